The van der Waals surface area contributed by atoms with Crippen LogP contribution in [0.4, 0.5) is 5.69 Å². The van der Waals surface area contributed by atoms with E-state index >= 15 is 0 Å². The van der Waals surface area contributed by atoms with Gasteiger partial charge in [0.2, 0.25) is 5.91 Å². The molecule has 0 aliphatic rings. The number of aryl methyl sites for hydroxylation is 1. The number of hydrogen-bond acceptors (Lipinski definition) is 5. The van der Waals surface area contributed by atoms with Gasteiger partial charge in [0, 0.05) is 17.8 Å². The van der Waals surface area contributed by atoms with E-state index in [1.807, 2.05) is 36.6 Å². The molecule has 0 aliphatic carbocycles. The molecule has 2 aromatic carbocycles. The second-order valence-electron chi connectivity index (χ2n) is 6.60. The third-order valence-electron chi connectivity index (χ3n) is 4.44. The molecule has 0 radical (unpaired) electrons. The van der Waals surface area contributed by atoms with Crippen molar-refractivity contribution in [3.8, 4) is 11.4 Å². The highest BCUT2D eigenvalue weighted by Crippen LogP contribution is 2.25. The van der Waals surface area contributed by atoms with Crippen LogP contribution in [0.1, 0.15) is 12.5 Å². The Labute approximate surface area is 170 Å². The number of carbonyl (C=O) groups is 1. The molecule has 1 amide bonds. The van der Waals surface area contributed by atoms with Gasteiger partial charge in [-0.3, -0.25) is 4.79 Å². The highest BCUT2D eigenvalue weighted by Gasteiger charge is 2.15. The van der Waals surface area contributed by atoms with Gasteiger partial charge >= 0.3 is 5.69 Å². The number of fused-ring (bicyclic) bond motifs is 1. The Balaban J connectivity index is 1.45. The van der Waals surface area contributed by atoms with Crippen LogP contribution in [-0.2, 0) is 11.3 Å². The molecular formula is C20H20N6O2S. The van der Waals surface area contributed by atoms with Crippen molar-refractivity contribution < 1.29 is 4.79 Å². The maximum atomic E-state index is 12.4. The summed E-state index contributed by atoms with van der Waals surface area (Å²) in [6.45, 7) is 4.77. The minimum atomic E-state index is -0.276. The lowest BCUT2D eigenvalue weighted by molar-refractivity contribution is -0.113. The number of H-pyrrole nitrogens is 2. The zero-order valence-electron chi connectivity index (χ0n) is 16.0. The lowest BCUT2D eigenvalue weighted by atomic mass is 10.1. The first-order valence-corrected chi connectivity index (χ1v) is 10.2. The number of aromatic nitrogens is 5. The zero-order valence-corrected chi connectivity index (χ0v) is 16.8. The fourth-order valence-electron chi connectivity index (χ4n) is 3.12. The van der Waals surface area contributed by atoms with E-state index in [1.54, 1.807) is 18.2 Å². The van der Waals surface area contributed by atoms with Gasteiger partial charge in [-0.1, -0.05) is 35.5 Å². The number of carbonyl (C=O) groups excluding carboxylic acids is 1. The SMILES string of the molecule is CCn1c(SCC(=O)Nc2ccc3[nH]c(=O)[nH]c3c2)nnc1-c1cccc(C)c1. The highest BCUT2D eigenvalue weighted by molar-refractivity contribution is 7.99. The summed E-state index contributed by atoms with van der Waals surface area (Å²) in [6.07, 6.45) is 0. The monoisotopic (exact) mass is 408 g/mol. The third kappa shape index (κ3) is 4.09. The molecule has 8 nitrogen and oxygen atoms in total. The van der Waals surface area contributed by atoms with E-state index < -0.39 is 0 Å². The van der Waals surface area contributed by atoms with Crippen molar-refractivity contribution in [2.75, 3.05) is 11.1 Å². The van der Waals surface area contributed by atoms with E-state index in [0.717, 1.165) is 17.0 Å². The highest BCUT2D eigenvalue weighted by atomic mass is 32.2. The van der Waals surface area contributed by atoms with E-state index in [0.29, 0.717) is 28.4 Å². The standard InChI is InChI=1S/C20H20N6O2S/c1-3-26-18(13-6-4-5-12(2)9-13)24-25-20(26)29-11-17(27)21-14-7-8-15-16(10-14)23-19(28)22-15/h4-10H,3,11H2,1-2H3,(H,21,27)(H2,22,23,28). The van der Waals surface area contributed by atoms with Crippen LogP contribution in [0, 0.1) is 6.92 Å². The second-order valence-corrected chi connectivity index (χ2v) is 7.54. The third-order valence-corrected chi connectivity index (χ3v) is 5.41. The Morgan fingerprint density at radius 2 is 1.97 bits per heavy atom. The molecule has 0 atom stereocenters. The maximum Gasteiger partial charge on any atom is 0.323 e. The van der Waals surface area contributed by atoms with Crippen LogP contribution in [0.15, 0.2) is 52.4 Å². The minimum Gasteiger partial charge on any atom is -0.325 e. The van der Waals surface area contributed by atoms with Crippen LogP contribution in [0.5, 0.6) is 0 Å². The number of anilines is 1. The van der Waals surface area contributed by atoms with Gasteiger partial charge in [0.15, 0.2) is 11.0 Å². The quantitative estimate of drug-likeness (QED) is 0.425. The fraction of sp³-hybridized carbons (Fsp3) is 0.200. The summed E-state index contributed by atoms with van der Waals surface area (Å²) in [5.74, 6) is 0.837. The van der Waals surface area contributed by atoms with E-state index in [4.69, 9.17) is 0 Å². The van der Waals surface area contributed by atoms with Gasteiger partial charge in [-0.2, -0.15) is 0 Å². The van der Waals surface area contributed by atoms with Crippen molar-refractivity contribution in [3.63, 3.8) is 0 Å². The molecule has 0 spiro atoms. The molecule has 4 rings (SSSR count). The molecule has 3 N–H and O–H groups in total. The largest absolute Gasteiger partial charge is 0.325 e. The number of hydrogen-bond donors (Lipinski definition) is 3. The smallest absolute Gasteiger partial charge is 0.323 e. The Morgan fingerprint density at radius 1 is 1.14 bits per heavy atom. The van der Waals surface area contributed by atoms with Crippen LogP contribution < -0.4 is 11.0 Å². The molecule has 0 unspecified atom stereocenters. The topological polar surface area (TPSA) is 108 Å². The van der Waals surface area contributed by atoms with Crippen molar-refractivity contribution >= 4 is 34.4 Å². The summed E-state index contributed by atoms with van der Waals surface area (Å²) in [6, 6.07) is 13.3. The molecule has 0 aliphatic heterocycles. The Bertz CT molecular complexity index is 1240. The molecule has 0 saturated heterocycles. The molecule has 148 valence electrons. The van der Waals surface area contributed by atoms with Gasteiger partial charge in [-0.25, -0.2) is 4.79 Å². The molecule has 9 heteroatoms. The van der Waals surface area contributed by atoms with Gasteiger partial charge < -0.3 is 19.9 Å². The molecule has 0 bridgehead atoms. The first-order chi connectivity index (χ1) is 14.0. The molecule has 2 aromatic heterocycles. The summed E-state index contributed by atoms with van der Waals surface area (Å²) in [7, 11) is 0. The number of aromatic amines is 2. The van der Waals surface area contributed by atoms with Crippen molar-refractivity contribution in [1.29, 1.82) is 0 Å². The average Bonchev–Trinajstić information content (AvgIpc) is 3.28. The van der Waals surface area contributed by atoms with Crippen LogP contribution in [0.2, 0.25) is 0 Å². The Hall–Kier alpha value is -3.33. The average molecular weight is 408 g/mol. The fourth-order valence-corrected chi connectivity index (χ4v) is 3.92. The summed E-state index contributed by atoms with van der Waals surface area (Å²) in [4.78, 5) is 29.1. The predicted octanol–water partition coefficient (Wildman–Crippen LogP) is 3.17. The van der Waals surface area contributed by atoms with E-state index in [2.05, 4.69) is 31.5 Å². The van der Waals surface area contributed by atoms with Crippen LogP contribution in [0.3, 0.4) is 0 Å². The molecule has 29 heavy (non-hydrogen) atoms. The Morgan fingerprint density at radius 3 is 2.76 bits per heavy atom. The van der Waals surface area contributed by atoms with Gasteiger partial charge in [0.05, 0.1) is 16.8 Å². The van der Waals surface area contributed by atoms with Crippen LogP contribution >= 0.6 is 11.8 Å². The predicted molar refractivity (Wildman–Crippen MR) is 114 cm³/mol. The minimum absolute atomic E-state index is 0.157. The summed E-state index contributed by atoms with van der Waals surface area (Å²) < 4.78 is 2.00. The van der Waals surface area contributed by atoms with Gasteiger partial charge in [0.25, 0.3) is 0 Å². The van der Waals surface area contributed by atoms with Crippen molar-refractivity contribution in [1.82, 2.24) is 24.7 Å². The lowest BCUT2D eigenvalue weighted by Crippen LogP contribution is -2.14. The van der Waals surface area contributed by atoms with Crippen molar-refractivity contribution in [2.24, 2.45) is 0 Å². The zero-order chi connectivity index (χ0) is 20.4. The first kappa shape index (κ1) is 19.0. The summed E-state index contributed by atoms with van der Waals surface area (Å²) in [5.41, 5.74) is 3.85. The number of benzene rings is 2. The Kier molecular flexibility index (Phi) is 5.22. The van der Waals surface area contributed by atoms with Crippen LogP contribution in [0.25, 0.3) is 22.4 Å². The number of nitrogens with zero attached hydrogens (tertiary/aromatic N) is 3. The number of thioether (sulfide) groups is 1. The number of nitrogens with one attached hydrogen (secondary N) is 3. The molecule has 0 fully saturated rings. The van der Waals surface area contributed by atoms with Crippen molar-refractivity contribution in [2.45, 2.75) is 25.5 Å². The van der Waals surface area contributed by atoms with Gasteiger partial charge in [-0.15, -0.1) is 10.2 Å². The van der Waals surface area contributed by atoms with Crippen LogP contribution in [-0.4, -0.2) is 36.4 Å². The van der Waals surface area contributed by atoms with E-state index in [-0.39, 0.29) is 17.3 Å². The summed E-state index contributed by atoms with van der Waals surface area (Å²) >= 11 is 1.34. The lowest BCUT2D eigenvalue weighted by Gasteiger charge is -2.08. The molecular weight excluding hydrogens is 388 g/mol. The normalized spacial score (nSPS) is 11.1. The van der Waals surface area contributed by atoms with Gasteiger partial charge in [0.1, 0.15) is 0 Å². The van der Waals surface area contributed by atoms with Gasteiger partial charge in [-0.05, 0) is 38.1 Å². The van der Waals surface area contributed by atoms with E-state index in [9.17, 15) is 9.59 Å². The maximum absolute atomic E-state index is 12.4. The second kappa shape index (κ2) is 7.96. The van der Waals surface area contributed by atoms with E-state index in [1.165, 1.54) is 11.8 Å². The number of rotatable bonds is 6. The molecule has 0 saturated carbocycles. The van der Waals surface area contributed by atoms with Crippen molar-refractivity contribution in [3.05, 3.63) is 58.5 Å². The molecule has 4 aromatic rings. The number of amides is 1. The number of imidazole rings is 1. The molecule has 2 heterocycles. The first-order valence-electron chi connectivity index (χ1n) is 9.18. The summed E-state index contributed by atoms with van der Waals surface area (Å²) in [5, 5.41) is 12.1.